The molecule has 0 bridgehead atoms. The second kappa shape index (κ2) is 6.05. The highest BCUT2D eigenvalue weighted by atomic mass is 79.9. The third-order valence-electron chi connectivity index (χ3n) is 2.68. The molecule has 0 radical (unpaired) electrons. The first kappa shape index (κ1) is 15.8. The Morgan fingerprint density at radius 2 is 2.00 bits per heavy atom. The van der Waals surface area contributed by atoms with E-state index in [9.17, 15) is 18.3 Å². The van der Waals surface area contributed by atoms with Gasteiger partial charge in [-0.3, -0.25) is 0 Å². The Morgan fingerprint density at radius 1 is 1.30 bits per heavy atom. The van der Waals surface area contributed by atoms with Gasteiger partial charge in [0.05, 0.1) is 11.7 Å². The Balaban J connectivity index is 2.17. The summed E-state index contributed by atoms with van der Waals surface area (Å²) in [5.41, 5.74) is -0.291. The fraction of sp³-hybridized carbons (Fsp3) is 0.231. The molecule has 1 nitrogen and oxygen atoms in total. The molecule has 0 amide bonds. The molecule has 1 unspecified atom stereocenters. The highest BCUT2D eigenvalue weighted by Gasteiger charge is 2.30. The summed E-state index contributed by atoms with van der Waals surface area (Å²) in [4.78, 5) is 0.610. The molecule has 108 valence electrons. The van der Waals surface area contributed by atoms with Gasteiger partial charge >= 0.3 is 6.18 Å². The van der Waals surface area contributed by atoms with Crippen LogP contribution in [-0.2, 0) is 12.6 Å². The van der Waals surface area contributed by atoms with E-state index in [2.05, 4.69) is 15.9 Å². The molecule has 2 aromatic rings. The zero-order valence-electron chi connectivity index (χ0n) is 9.92. The Morgan fingerprint density at radius 3 is 2.55 bits per heavy atom. The van der Waals surface area contributed by atoms with E-state index in [0.717, 1.165) is 12.1 Å². The summed E-state index contributed by atoms with van der Waals surface area (Å²) in [6, 6.07) is 6.62. The Hall–Kier alpha value is -0.560. The molecule has 1 heterocycles. The lowest BCUT2D eigenvalue weighted by Crippen LogP contribution is -2.06. The van der Waals surface area contributed by atoms with Crippen LogP contribution in [0.1, 0.15) is 22.1 Å². The highest BCUT2D eigenvalue weighted by Crippen LogP contribution is 2.36. The summed E-state index contributed by atoms with van der Waals surface area (Å²) >= 11 is 10.3. The maximum Gasteiger partial charge on any atom is 0.416 e. The molecule has 0 aliphatic rings. The molecule has 0 saturated heterocycles. The fourth-order valence-corrected chi connectivity index (χ4v) is 3.45. The normalized spacial score (nSPS) is 13.5. The van der Waals surface area contributed by atoms with Gasteiger partial charge in [0.15, 0.2) is 0 Å². The van der Waals surface area contributed by atoms with Crippen molar-refractivity contribution in [1.29, 1.82) is 0 Å². The van der Waals surface area contributed by atoms with Crippen molar-refractivity contribution in [3.63, 3.8) is 0 Å². The van der Waals surface area contributed by atoms with E-state index < -0.39 is 17.8 Å². The molecular weight excluding hydrogens is 377 g/mol. The summed E-state index contributed by atoms with van der Waals surface area (Å²) in [5, 5.41) is 10.1. The van der Waals surface area contributed by atoms with E-state index in [4.69, 9.17) is 11.6 Å². The number of hydrogen-bond acceptors (Lipinski definition) is 2. The number of aliphatic hydroxyl groups is 1. The van der Waals surface area contributed by atoms with Crippen molar-refractivity contribution in [3.05, 3.63) is 55.1 Å². The average Bonchev–Trinajstić information content (AvgIpc) is 2.69. The molecule has 1 N–H and O–H groups in total. The maximum absolute atomic E-state index is 12.6. The van der Waals surface area contributed by atoms with Crippen LogP contribution in [0.15, 0.2) is 34.8 Å². The molecule has 0 saturated carbocycles. The molecule has 0 aliphatic carbocycles. The van der Waals surface area contributed by atoms with E-state index in [1.54, 1.807) is 12.1 Å². The second-order valence-electron chi connectivity index (χ2n) is 4.19. The van der Waals surface area contributed by atoms with Crippen LogP contribution in [0.2, 0.25) is 4.34 Å². The first-order chi connectivity index (χ1) is 9.27. The summed E-state index contributed by atoms with van der Waals surface area (Å²) in [6.45, 7) is 0. The second-order valence-corrected chi connectivity index (χ2v) is 6.73. The predicted molar refractivity (Wildman–Crippen MR) is 77.1 cm³/mol. The van der Waals surface area contributed by atoms with Crippen molar-refractivity contribution in [3.8, 4) is 0 Å². The van der Waals surface area contributed by atoms with Gasteiger partial charge in [0.1, 0.15) is 4.34 Å². The van der Waals surface area contributed by atoms with E-state index in [0.29, 0.717) is 19.2 Å². The van der Waals surface area contributed by atoms with Crippen LogP contribution in [0.3, 0.4) is 0 Å². The standard InChI is InChI=1S/C13H9BrClF3OS/c14-9-6-11(20-12(9)15)10(19)5-7-2-1-3-8(4-7)13(16,17)18/h1-4,6,10,19H,5H2. The Labute approximate surface area is 131 Å². The van der Waals surface area contributed by atoms with Gasteiger partial charge in [-0.2, -0.15) is 13.2 Å². The predicted octanol–water partition coefficient (Wildman–Crippen LogP) is 5.46. The van der Waals surface area contributed by atoms with Gasteiger partial charge in [0, 0.05) is 15.8 Å². The summed E-state index contributed by atoms with van der Waals surface area (Å²) < 4.78 is 39.0. The van der Waals surface area contributed by atoms with Gasteiger partial charge in [-0.15, -0.1) is 11.3 Å². The number of alkyl halides is 3. The minimum absolute atomic E-state index is 0.104. The van der Waals surface area contributed by atoms with Crippen LogP contribution in [0.25, 0.3) is 0 Å². The summed E-state index contributed by atoms with van der Waals surface area (Å²) in [6.07, 6.45) is -5.16. The monoisotopic (exact) mass is 384 g/mol. The first-order valence-corrected chi connectivity index (χ1v) is 7.55. The van der Waals surface area contributed by atoms with Gasteiger partial charge in [-0.25, -0.2) is 0 Å². The van der Waals surface area contributed by atoms with Gasteiger partial charge in [0.25, 0.3) is 0 Å². The van der Waals surface area contributed by atoms with Crippen molar-refractivity contribution in [1.82, 2.24) is 0 Å². The van der Waals surface area contributed by atoms with Crippen molar-refractivity contribution in [2.45, 2.75) is 18.7 Å². The zero-order valence-corrected chi connectivity index (χ0v) is 13.1. The van der Waals surface area contributed by atoms with Gasteiger partial charge in [-0.1, -0.05) is 29.8 Å². The van der Waals surface area contributed by atoms with E-state index >= 15 is 0 Å². The van der Waals surface area contributed by atoms with E-state index in [1.807, 2.05) is 0 Å². The number of halogens is 5. The van der Waals surface area contributed by atoms with Crippen LogP contribution in [0.5, 0.6) is 0 Å². The highest BCUT2D eigenvalue weighted by molar-refractivity contribution is 9.10. The van der Waals surface area contributed by atoms with E-state index in [-0.39, 0.29) is 6.42 Å². The van der Waals surface area contributed by atoms with Crippen molar-refractivity contribution in [2.24, 2.45) is 0 Å². The molecule has 0 fully saturated rings. The largest absolute Gasteiger partial charge is 0.416 e. The SMILES string of the molecule is OC(Cc1cccc(C(F)(F)F)c1)c1cc(Br)c(Cl)s1. The summed E-state index contributed by atoms with van der Waals surface area (Å²) in [7, 11) is 0. The third kappa shape index (κ3) is 3.75. The lowest BCUT2D eigenvalue weighted by atomic mass is 10.0. The Bertz CT molecular complexity index is 592. The molecule has 1 atom stereocenters. The minimum Gasteiger partial charge on any atom is -0.387 e. The lowest BCUT2D eigenvalue weighted by Gasteiger charge is -2.11. The molecule has 1 aromatic heterocycles. The van der Waals surface area contributed by atoms with Crippen LogP contribution in [0.4, 0.5) is 13.2 Å². The third-order valence-corrected chi connectivity index (χ3v) is 5.25. The summed E-state index contributed by atoms with van der Waals surface area (Å²) in [5.74, 6) is 0. The fourth-order valence-electron chi connectivity index (χ4n) is 1.73. The quantitative estimate of drug-likeness (QED) is 0.744. The molecule has 0 aliphatic heterocycles. The lowest BCUT2D eigenvalue weighted by molar-refractivity contribution is -0.137. The number of rotatable bonds is 3. The molecule has 7 heteroatoms. The van der Waals surface area contributed by atoms with Crippen molar-refractivity contribution < 1.29 is 18.3 Å². The average molecular weight is 386 g/mol. The first-order valence-electron chi connectivity index (χ1n) is 5.56. The number of hydrogen-bond donors (Lipinski definition) is 1. The van der Waals surface area contributed by atoms with Crippen LogP contribution >= 0.6 is 38.9 Å². The molecular formula is C13H9BrClF3OS. The molecule has 0 spiro atoms. The molecule has 20 heavy (non-hydrogen) atoms. The number of thiophene rings is 1. The van der Waals surface area contributed by atoms with Crippen LogP contribution in [0, 0.1) is 0 Å². The van der Waals surface area contributed by atoms with Crippen molar-refractivity contribution >= 4 is 38.9 Å². The number of benzene rings is 1. The van der Waals surface area contributed by atoms with Crippen LogP contribution < -0.4 is 0 Å². The molecule has 2 rings (SSSR count). The maximum atomic E-state index is 12.6. The van der Waals surface area contributed by atoms with Gasteiger partial charge in [0.2, 0.25) is 0 Å². The minimum atomic E-state index is -4.38. The van der Waals surface area contributed by atoms with Gasteiger partial charge in [-0.05, 0) is 33.6 Å². The topological polar surface area (TPSA) is 20.2 Å². The Kier molecular flexibility index (Phi) is 4.79. The van der Waals surface area contributed by atoms with Crippen molar-refractivity contribution in [2.75, 3.05) is 0 Å². The van der Waals surface area contributed by atoms with Crippen LogP contribution in [-0.4, -0.2) is 5.11 Å². The smallest absolute Gasteiger partial charge is 0.387 e. The van der Waals surface area contributed by atoms with E-state index in [1.165, 1.54) is 17.4 Å². The zero-order chi connectivity index (χ0) is 14.9. The molecule has 1 aromatic carbocycles. The van der Waals surface area contributed by atoms with Gasteiger partial charge < -0.3 is 5.11 Å². The number of aliphatic hydroxyl groups excluding tert-OH is 1.